The molecule has 0 unspecified atom stereocenters. The van der Waals surface area contributed by atoms with Gasteiger partial charge in [-0.3, -0.25) is 19.4 Å². The Kier molecular flexibility index (Phi) is 13.9. The minimum atomic E-state index is -1.36. The van der Waals surface area contributed by atoms with Gasteiger partial charge < -0.3 is 34.1 Å². The van der Waals surface area contributed by atoms with Gasteiger partial charge in [0.2, 0.25) is 11.8 Å². The number of allylic oxidation sites excluding steroid dienone is 1. The van der Waals surface area contributed by atoms with Crippen LogP contribution >= 0.6 is 0 Å². The fraction of sp³-hybridized carbons (Fsp3) is 0.514. The minimum absolute atomic E-state index is 0.0179. The summed E-state index contributed by atoms with van der Waals surface area (Å²) in [6.07, 6.45) is 4.39. The predicted molar refractivity (Wildman–Crippen MR) is 192 cm³/mol. The van der Waals surface area contributed by atoms with Crippen molar-refractivity contribution in [3.05, 3.63) is 69.7 Å². The summed E-state index contributed by atoms with van der Waals surface area (Å²) >= 11 is 0. The molecule has 0 fully saturated rings. The molecule has 12 nitrogen and oxygen atoms in total. The molecule has 0 aliphatic rings. The maximum absolute atomic E-state index is 15.2. The van der Waals surface area contributed by atoms with Crippen LogP contribution in [0.2, 0.25) is 25.7 Å². The van der Waals surface area contributed by atoms with Gasteiger partial charge in [0.15, 0.2) is 0 Å². The molecule has 268 valence electrons. The summed E-state index contributed by atoms with van der Waals surface area (Å²) in [6, 6.07) is 5.00. The molecule has 1 atom stereocenters. The molecule has 0 aromatic carbocycles. The number of anilines is 1. The second-order valence-electron chi connectivity index (χ2n) is 14.0. The molecule has 49 heavy (non-hydrogen) atoms. The van der Waals surface area contributed by atoms with Gasteiger partial charge in [-0.1, -0.05) is 39.6 Å². The molecule has 3 rings (SSSR count). The number of pyridine rings is 2. The minimum Gasteiger partial charge on any atom is -0.453 e. The zero-order valence-electron chi connectivity index (χ0n) is 30.2. The van der Waals surface area contributed by atoms with E-state index in [1.54, 1.807) is 33.2 Å². The fourth-order valence-corrected chi connectivity index (χ4v) is 5.90. The number of hydrogen-bond acceptors (Lipinski definition) is 7. The lowest BCUT2D eigenvalue weighted by Gasteiger charge is -2.19. The maximum atomic E-state index is 15.2. The van der Waals surface area contributed by atoms with Crippen molar-refractivity contribution in [2.75, 3.05) is 33.1 Å². The van der Waals surface area contributed by atoms with Gasteiger partial charge in [0, 0.05) is 45.7 Å². The van der Waals surface area contributed by atoms with Gasteiger partial charge in [0.1, 0.15) is 24.3 Å². The molecule has 3 heterocycles. The third-order valence-corrected chi connectivity index (χ3v) is 9.67. The zero-order chi connectivity index (χ0) is 36.5. The molecule has 3 aromatic rings. The molecule has 2 N–H and O–H groups in total. The average molecular weight is 699 g/mol. The third kappa shape index (κ3) is 11.1. The monoisotopic (exact) mass is 698 g/mol. The van der Waals surface area contributed by atoms with Gasteiger partial charge in [0.25, 0.3) is 5.56 Å². The van der Waals surface area contributed by atoms with Crippen LogP contribution in [0.25, 0.3) is 11.0 Å². The number of halogens is 1. The molecule has 0 saturated carbocycles. The maximum Gasteiger partial charge on any atom is 0.407 e. The highest BCUT2D eigenvalue weighted by Crippen LogP contribution is 2.27. The van der Waals surface area contributed by atoms with Crippen molar-refractivity contribution in [3.63, 3.8) is 0 Å². The quantitative estimate of drug-likeness (QED) is 0.118. The number of fused-ring (bicyclic) bond motifs is 1. The molecule has 14 heteroatoms. The van der Waals surface area contributed by atoms with Crippen molar-refractivity contribution < 1.29 is 28.2 Å². The smallest absolute Gasteiger partial charge is 0.407 e. The number of nitrogens with one attached hydrogen (secondary N) is 2. The molecule has 0 bridgehead atoms. The van der Waals surface area contributed by atoms with Crippen LogP contribution in [0.15, 0.2) is 41.3 Å². The molecule has 3 aromatic heterocycles. The van der Waals surface area contributed by atoms with E-state index in [9.17, 15) is 19.2 Å². The van der Waals surface area contributed by atoms with Crippen LogP contribution < -0.4 is 16.2 Å². The van der Waals surface area contributed by atoms with E-state index in [4.69, 9.17) is 9.47 Å². The predicted octanol–water partition coefficient (Wildman–Crippen LogP) is 5.29. The number of alkyl carbamates (subject to hydrolysis) is 1. The van der Waals surface area contributed by atoms with Crippen LogP contribution in [-0.2, 0) is 38.8 Å². The third-order valence-electron chi connectivity index (χ3n) is 7.97. The van der Waals surface area contributed by atoms with Crippen LogP contribution in [0.1, 0.15) is 43.6 Å². The highest BCUT2D eigenvalue weighted by atomic mass is 28.3. The summed E-state index contributed by atoms with van der Waals surface area (Å²) in [4.78, 5) is 56.9. The standard InChI is InChI=1S/C35H51FN6O6Si/c1-23(2)18-26-27(36)20-37-30-19-25(42(32(26)30)22-48-16-17-49(7,8)9)21-41-24(3)14-15-29(34(41)45)38-33(44)28(39-35(46)47-6)12-10-11-13-31(43)40(4)5/h11,13-15,19-20,23,28H,10,12,16-18,21-22H2,1-9H3,(H,38,44)(H,39,46)/b13-11+/t28-/m0/s1. The zero-order valence-corrected chi connectivity index (χ0v) is 31.2. The van der Waals surface area contributed by atoms with Gasteiger partial charge >= 0.3 is 6.09 Å². The molecule has 3 amide bonds. The Morgan fingerprint density at radius 2 is 1.86 bits per heavy atom. The molecule has 0 radical (unpaired) electrons. The molecule has 0 aliphatic carbocycles. The van der Waals surface area contributed by atoms with Gasteiger partial charge in [-0.05, 0) is 62.4 Å². The number of hydrogen-bond donors (Lipinski definition) is 2. The first-order valence-electron chi connectivity index (χ1n) is 16.5. The van der Waals surface area contributed by atoms with E-state index in [1.807, 2.05) is 24.5 Å². The van der Waals surface area contributed by atoms with E-state index in [-0.39, 0.29) is 43.0 Å². The highest BCUT2D eigenvalue weighted by Gasteiger charge is 2.24. The second kappa shape index (κ2) is 17.4. The van der Waals surface area contributed by atoms with Gasteiger partial charge in [0.05, 0.1) is 30.9 Å². The summed E-state index contributed by atoms with van der Waals surface area (Å²) in [6.45, 7) is 13.5. The molecular weight excluding hydrogens is 648 g/mol. The largest absolute Gasteiger partial charge is 0.453 e. The van der Waals surface area contributed by atoms with Crippen LogP contribution in [0.5, 0.6) is 0 Å². The summed E-state index contributed by atoms with van der Waals surface area (Å²) < 4.78 is 29.5. The fourth-order valence-electron chi connectivity index (χ4n) is 5.14. The van der Waals surface area contributed by atoms with E-state index in [1.165, 1.54) is 34.9 Å². The van der Waals surface area contributed by atoms with Crippen LogP contribution in [0.3, 0.4) is 0 Å². The Morgan fingerprint density at radius 1 is 1.14 bits per heavy atom. The van der Waals surface area contributed by atoms with E-state index in [0.717, 1.165) is 6.04 Å². The normalized spacial score (nSPS) is 12.5. The number of rotatable bonds is 16. The number of likely N-dealkylation sites (N-methyl/N-ethyl adjacent to an activating group) is 1. The topological polar surface area (TPSA) is 137 Å². The van der Waals surface area contributed by atoms with Crippen molar-refractivity contribution >= 4 is 42.7 Å². The molecule has 0 spiro atoms. The summed E-state index contributed by atoms with van der Waals surface area (Å²) in [5.74, 6) is -1.02. The first-order chi connectivity index (χ1) is 23.0. The van der Waals surface area contributed by atoms with Crippen molar-refractivity contribution in [2.45, 2.75) is 85.0 Å². The van der Waals surface area contributed by atoms with Crippen LogP contribution in [-0.4, -0.2) is 78.9 Å². The Balaban J connectivity index is 1.96. The number of carbonyl (C=O) groups is 3. The number of methoxy groups -OCH3 is 1. The lowest BCUT2D eigenvalue weighted by atomic mass is 10.0. The summed E-state index contributed by atoms with van der Waals surface area (Å²) in [5.41, 5.74) is 2.70. The lowest BCUT2D eigenvalue weighted by Crippen LogP contribution is -2.44. The van der Waals surface area contributed by atoms with E-state index in [2.05, 4.69) is 35.3 Å². The van der Waals surface area contributed by atoms with Crippen LogP contribution in [0, 0.1) is 18.7 Å². The van der Waals surface area contributed by atoms with E-state index < -0.39 is 31.7 Å². The van der Waals surface area contributed by atoms with Crippen molar-refractivity contribution in [3.8, 4) is 0 Å². The Morgan fingerprint density at radius 3 is 2.49 bits per heavy atom. The van der Waals surface area contributed by atoms with Crippen molar-refractivity contribution in [1.29, 1.82) is 0 Å². The van der Waals surface area contributed by atoms with Gasteiger partial charge in [-0.15, -0.1) is 0 Å². The Labute approximate surface area is 288 Å². The van der Waals surface area contributed by atoms with Gasteiger partial charge in [-0.2, -0.15) is 0 Å². The van der Waals surface area contributed by atoms with Crippen molar-refractivity contribution in [1.82, 2.24) is 24.3 Å². The average Bonchev–Trinajstić information content (AvgIpc) is 3.37. The SMILES string of the molecule is COC(=O)N[C@@H](CC/C=C/C(=O)N(C)C)C(=O)Nc1ccc(C)n(Cc2cc3ncc(F)c(CC(C)C)c3n2COCC[Si](C)(C)C)c1=O. The molecular formula is C35H51FN6O6Si. The number of aryl methyl sites for hydroxylation is 1. The first kappa shape index (κ1) is 39.1. The van der Waals surface area contributed by atoms with Gasteiger partial charge in [-0.25, -0.2) is 9.18 Å². The summed E-state index contributed by atoms with van der Waals surface area (Å²) in [5, 5.41) is 5.16. The summed E-state index contributed by atoms with van der Waals surface area (Å²) in [7, 11) is 3.08. The number of aromatic nitrogens is 3. The van der Waals surface area contributed by atoms with E-state index >= 15 is 4.39 Å². The lowest BCUT2D eigenvalue weighted by molar-refractivity contribution is -0.123. The van der Waals surface area contributed by atoms with Crippen LogP contribution in [0.4, 0.5) is 14.9 Å². The van der Waals surface area contributed by atoms with Crippen molar-refractivity contribution in [2.24, 2.45) is 5.92 Å². The highest BCUT2D eigenvalue weighted by molar-refractivity contribution is 6.76. The first-order valence-corrected chi connectivity index (χ1v) is 20.2. The number of amides is 3. The van der Waals surface area contributed by atoms with E-state index in [0.29, 0.717) is 47.4 Å². The molecule has 0 aliphatic heterocycles. The second-order valence-corrected chi connectivity index (χ2v) is 19.6. The Hall–Kier alpha value is -4.30. The number of ether oxygens (including phenoxy) is 2. The Bertz CT molecular complexity index is 1730. The number of carbonyl (C=O) groups excluding carboxylic acids is 3. The number of nitrogens with zero attached hydrogens (tertiary/aromatic N) is 4. The molecule has 0 saturated heterocycles.